The molecule has 1 rings (SSSR count). The molecule has 2 N–H and O–H groups in total. The van der Waals surface area contributed by atoms with E-state index in [-0.39, 0.29) is 0 Å². The molecule has 1 aromatic rings. The molecular weight excluding hydrogens is 206 g/mol. The van der Waals surface area contributed by atoms with Gasteiger partial charge in [-0.1, -0.05) is 13.3 Å². The Bertz CT molecular complexity index is 323. The highest BCUT2D eigenvalue weighted by Gasteiger charge is 2.13. The number of aryl methyl sites for hydroxylation is 2. The number of aromatic nitrogens is 2. The fourth-order valence-electron chi connectivity index (χ4n) is 1.51. The molecule has 0 atom stereocenters. The maximum absolute atomic E-state index is 5.96. The van der Waals surface area contributed by atoms with Crippen LogP contribution >= 0.6 is 0 Å². The van der Waals surface area contributed by atoms with Gasteiger partial charge in [0.05, 0.1) is 12.3 Å². The number of nitrogens with two attached hydrogens (primary N) is 1. The Kier molecular flexibility index (Phi) is 5.11. The van der Waals surface area contributed by atoms with Gasteiger partial charge in [-0.3, -0.25) is 0 Å². The Balaban J connectivity index is 2.57. The quantitative estimate of drug-likeness (QED) is 0.715. The second-order valence-electron chi connectivity index (χ2n) is 3.58. The maximum Gasteiger partial charge on any atom is 0.235 e. The van der Waals surface area contributed by atoms with Crippen molar-refractivity contribution < 1.29 is 9.47 Å². The summed E-state index contributed by atoms with van der Waals surface area (Å²) in [6.45, 7) is 5.83. The Labute approximate surface area is 96.5 Å². The van der Waals surface area contributed by atoms with E-state index in [1.807, 2.05) is 14.0 Å². The van der Waals surface area contributed by atoms with Crippen molar-refractivity contribution in [1.82, 2.24) is 9.78 Å². The van der Waals surface area contributed by atoms with E-state index in [2.05, 4.69) is 12.0 Å². The molecule has 5 nitrogen and oxygen atoms in total. The van der Waals surface area contributed by atoms with E-state index in [0.29, 0.717) is 31.4 Å². The average Bonchev–Trinajstić information content (AvgIpc) is 2.52. The topological polar surface area (TPSA) is 62.3 Å². The van der Waals surface area contributed by atoms with Gasteiger partial charge in [-0.2, -0.15) is 5.10 Å². The molecule has 0 spiro atoms. The van der Waals surface area contributed by atoms with Crippen LogP contribution in [0.15, 0.2) is 0 Å². The molecule has 5 heteroatoms. The molecule has 0 aliphatic carbocycles. The molecule has 0 aliphatic rings. The Morgan fingerprint density at radius 1 is 1.31 bits per heavy atom. The number of rotatable bonds is 7. The summed E-state index contributed by atoms with van der Waals surface area (Å²) in [5, 5.41) is 4.32. The molecule has 92 valence electrons. The van der Waals surface area contributed by atoms with Crippen LogP contribution in [0, 0.1) is 0 Å². The normalized spacial score (nSPS) is 10.7. The SMILES string of the molecule is CCCc1nn(C)c(OCCOCC)c1N. The molecule has 0 aliphatic heterocycles. The summed E-state index contributed by atoms with van der Waals surface area (Å²) in [5.74, 6) is 0.642. The van der Waals surface area contributed by atoms with Crippen molar-refractivity contribution in [2.24, 2.45) is 7.05 Å². The summed E-state index contributed by atoms with van der Waals surface area (Å²) in [4.78, 5) is 0. The van der Waals surface area contributed by atoms with Gasteiger partial charge in [0.25, 0.3) is 0 Å². The molecule has 0 fully saturated rings. The van der Waals surface area contributed by atoms with Crippen molar-refractivity contribution in [2.75, 3.05) is 25.6 Å². The number of hydrogen-bond donors (Lipinski definition) is 1. The summed E-state index contributed by atoms with van der Waals surface area (Å²) in [6, 6.07) is 0. The van der Waals surface area contributed by atoms with Crippen LogP contribution in [-0.2, 0) is 18.2 Å². The van der Waals surface area contributed by atoms with Crippen molar-refractivity contribution in [1.29, 1.82) is 0 Å². The van der Waals surface area contributed by atoms with E-state index in [1.165, 1.54) is 0 Å². The number of anilines is 1. The molecule has 0 bridgehead atoms. The largest absolute Gasteiger partial charge is 0.474 e. The molecule has 1 aromatic heterocycles. The van der Waals surface area contributed by atoms with E-state index in [1.54, 1.807) is 4.68 Å². The van der Waals surface area contributed by atoms with Gasteiger partial charge in [-0.25, -0.2) is 4.68 Å². The predicted octanol–water partition coefficient (Wildman–Crippen LogP) is 1.37. The molecule has 0 unspecified atom stereocenters. The summed E-state index contributed by atoms with van der Waals surface area (Å²) < 4.78 is 12.4. The Morgan fingerprint density at radius 3 is 2.69 bits per heavy atom. The lowest BCUT2D eigenvalue weighted by Crippen LogP contribution is -2.09. The van der Waals surface area contributed by atoms with Crippen LogP contribution in [0.2, 0.25) is 0 Å². The minimum atomic E-state index is 0.503. The maximum atomic E-state index is 5.96. The number of ether oxygens (including phenoxy) is 2. The summed E-state index contributed by atoms with van der Waals surface area (Å²) >= 11 is 0. The van der Waals surface area contributed by atoms with Crippen LogP contribution in [0.4, 0.5) is 5.69 Å². The molecular formula is C11H21N3O2. The monoisotopic (exact) mass is 227 g/mol. The highest BCUT2D eigenvalue weighted by atomic mass is 16.5. The van der Waals surface area contributed by atoms with Crippen molar-refractivity contribution in [3.05, 3.63) is 5.69 Å². The first-order chi connectivity index (χ1) is 7.70. The lowest BCUT2D eigenvalue weighted by molar-refractivity contribution is 0.107. The first-order valence-corrected chi connectivity index (χ1v) is 5.72. The third kappa shape index (κ3) is 3.13. The van der Waals surface area contributed by atoms with Crippen LogP contribution in [0.5, 0.6) is 5.88 Å². The van der Waals surface area contributed by atoms with Crippen LogP contribution < -0.4 is 10.5 Å². The van der Waals surface area contributed by atoms with Gasteiger partial charge in [0.15, 0.2) is 0 Å². The second-order valence-corrected chi connectivity index (χ2v) is 3.58. The second kappa shape index (κ2) is 6.37. The van der Waals surface area contributed by atoms with E-state index in [0.717, 1.165) is 18.5 Å². The predicted molar refractivity (Wildman–Crippen MR) is 63.6 cm³/mol. The van der Waals surface area contributed by atoms with Crippen LogP contribution in [0.25, 0.3) is 0 Å². The lowest BCUT2D eigenvalue weighted by atomic mass is 10.2. The number of hydrogen-bond acceptors (Lipinski definition) is 4. The van der Waals surface area contributed by atoms with E-state index in [4.69, 9.17) is 15.2 Å². The first kappa shape index (κ1) is 12.8. The van der Waals surface area contributed by atoms with Crippen molar-refractivity contribution >= 4 is 5.69 Å². The van der Waals surface area contributed by atoms with E-state index < -0.39 is 0 Å². The minimum Gasteiger partial charge on any atom is -0.474 e. The molecule has 0 aromatic carbocycles. The fourth-order valence-corrected chi connectivity index (χ4v) is 1.51. The summed E-state index contributed by atoms with van der Waals surface area (Å²) in [6.07, 6.45) is 1.91. The molecule has 0 saturated heterocycles. The molecule has 1 heterocycles. The van der Waals surface area contributed by atoms with Crippen LogP contribution in [0.1, 0.15) is 26.0 Å². The zero-order chi connectivity index (χ0) is 12.0. The van der Waals surface area contributed by atoms with Gasteiger partial charge < -0.3 is 15.2 Å². The van der Waals surface area contributed by atoms with Gasteiger partial charge in [-0.05, 0) is 13.3 Å². The van der Waals surface area contributed by atoms with Gasteiger partial charge in [0.2, 0.25) is 5.88 Å². The minimum absolute atomic E-state index is 0.503. The standard InChI is InChI=1S/C11H21N3O2/c1-4-6-9-10(12)11(14(3)13-9)16-8-7-15-5-2/h4-8,12H2,1-3H3. The summed E-state index contributed by atoms with van der Waals surface area (Å²) in [7, 11) is 1.84. The van der Waals surface area contributed by atoms with Crippen molar-refractivity contribution in [3.63, 3.8) is 0 Å². The molecule has 0 radical (unpaired) electrons. The Morgan fingerprint density at radius 2 is 2.06 bits per heavy atom. The van der Waals surface area contributed by atoms with Gasteiger partial charge in [-0.15, -0.1) is 0 Å². The van der Waals surface area contributed by atoms with Crippen LogP contribution in [0.3, 0.4) is 0 Å². The average molecular weight is 227 g/mol. The third-order valence-electron chi connectivity index (χ3n) is 2.26. The van der Waals surface area contributed by atoms with E-state index in [9.17, 15) is 0 Å². The van der Waals surface area contributed by atoms with Crippen molar-refractivity contribution in [2.45, 2.75) is 26.7 Å². The number of nitrogen functional groups attached to an aromatic ring is 1. The zero-order valence-electron chi connectivity index (χ0n) is 10.3. The van der Waals surface area contributed by atoms with Crippen molar-refractivity contribution in [3.8, 4) is 5.88 Å². The van der Waals surface area contributed by atoms with Gasteiger partial charge >= 0.3 is 0 Å². The molecule has 0 saturated carbocycles. The first-order valence-electron chi connectivity index (χ1n) is 5.72. The lowest BCUT2D eigenvalue weighted by Gasteiger charge is -2.06. The van der Waals surface area contributed by atoms with Gasteiger partial charge in [0, 0.05) is 13.7 Å². The fraction of sp³-hybridized carbons (Fsp3) is 0.727. The van der Waals surface area contributed by atoms with E-state index >= 15 is 0 Å². The number of nitrogens with zero attached hydrogens (tertiary/aromatic N) is 2. The highest BCUT2D eigenvalue weighted by molar-refractivity contribution is 5.53. The highest BCUT2D eigenvalue weighted by Crippen LogP contribution is 2.25. The smallest absolute Gasteiger partial charge is 0.235 e. The zero-order valence-corrected chi connectivity index (χ0v) is 10.3. The molecule has 16 heavy (non-hydrogen) atoms. The Hall–Kier alpha value is -1.23. The van der Waals surface area contributed by atoms with Gasteiger partial charge in [0.1, 0.15) is 12.3 Å². The molecule has 0 amide bonds. The third-order valence-corrected chi connectivity index (χ3v) is 2.26. The van der Waals surface area contributed by atoms with Crippen LogP contribution in [-0.4, -0.2) is 29.6 Å². The summed E-state index contributed by atoms with van der Waals surface area (Å²) in [5.41, 5.74) is 7.52.